The van der Waals surface area contributed by atoms with E-state index in [1.54, 1.807) is 7.11 Å². The summed E-state index contributed by atoms with van der Waals surface area (Å²) in [5.74, 6) is 1.06. The Morgan fingerprint density at radius 3 is 2.81 bits per heavy atom. The van der Waals surface area contributed by atoms with Crippen LogP contribution in [-0.4, -0.2) is 53.1 Å². The molecule has 1 saturated carbocycles. The van der Waals surface area contributed by atoms with Crippen LogP contribution in [0.2, 0.25) is 0 Å². The van der Waals surface area contributed by atoms with Gasteiger partial charge in [0.15, 0.2) is 0 Å². The lowest BCUT2D eigenvalue weighted by Crippen LogP contribution is -2.38. The highest BCUT2D eigenvalue weighted by Gasteiger charge is 2.36. The molecule has 2 fully saturated rings. The van der Waals surface area contributed by atoms with Gasteiger partial charge in [-0.05, 0) is 33.1 Å². The molecule has 2 aliphatic rings. The van der Waals surface area contributed by atoms with Crippen molar-refractivity contribution in [3.8, 4) is 0 Å². The van der Waals surface area contributed by atoms with Crippen LogP contribution in [0.1, 0.15) is 42.5 Å². The van der Waals surface area contributed by atoms with Gasteiger partial charge in [-0.25, -0.2) is 4.98 Å². The maximum absolute atomic E-state index is 12.1. The summed E-state index contributed by atoms with van der Waals surface area (Å²) in [6, 6.07) is 0.539. The van der Waals surface area contributed by atoms with Gasteiger partial charge >= 0.3 is 0 Å². The van der Waals surface area contributed by atoms with Gasteiger partial charge in [0.25, 0.3) is 0 Å². The lowest BCUT2D eigenvalue weighted by atomic mass is 10.2. The molecule has 1 amide bonds. The summed E-state index contributed by atoms with van der Waals surface area (Å²) >= 11 is 0. The summed E-state index contributed by atoms with van der Waals surface area (Å²) in [7, 11) is 1.73. The van der Waals surface area contributed by atoms with E-state index >= 15 is 0 Å². The SMILES string of the molecule is CO[C@@H]1C[C@@H](c2nc(C)c(C)[nH]2)N(CC(=O)NC2CC2)C1. The van der Waals surface area contributed by atoms with Gasteiger partial charge in [-0.15, -0.1) is 0 Å². The number of rotatable bonds is 5. The number of ether oxygens (including phenoxy) is 1. The molecule has 0 radical (unpaired) electrons. The van der Waals surface area contributed by atoms with E-state index in [-0.39, 0.29) is 18.1 Å². The third-order valence-electron chi connectivity index (χ3n) is 4.45. The predicted molar refractivity (Wildman–Crippen MR) is 79.0 cm³/mol. The number of nitrogens with one attached hydrogen (secondary N) is 2. The van der Waals surface area contributed by atoms with Crippen molar-refractivity contribution in [3.05, 3.63) is 17.2 Å². The number of aromatic nitrogens is 2. The third kappa shape index (κ3) is 3.27. The van der Waals surface area contributed by atoms with Crippen LogP contribution in [0.5, 0.6) is 0 Å². The van der Waals surface area contributed by atoms with E-state index in [2.05, 4.69) is 20.2 Å². The van der Waals surface area contributed by atoms with Gasteiger partial charge in [-0.3, -0.25) is 9.69 Å². The van der Waals surface area contributed by atoms with E-state index in [0.717, 1.165) is 43.0 Å². The Labute approximate surface area is 125 Å². The fourth-order valence-corrected chi connectivity index (χ4v) is 2.91. The number of hydrogen-bond acceptors (Lipinski definition) is 4. The number of methoxy groups -OCH3 is 1. The summed E-state index contributed by atoms with van der Waals surface area (Å²) in [5.41, 5.74) is 2.11. The molecule has 2 N–H and O–H groups in total. The minimum atomic E-state index is 0.110. The van der Waals surface area contributed by atoms with E-state index in [1.807, 2.05) is 13.8 Å². The quantitative estimate of drug-likeness (QED) is 0.851. The lowest BCUT2D eigenvalue weighted by molar-refractivity contribution is -0.122. The van der Waals surface area contributed by atoms with Crippen molar-refractivity contribution in [2.24, 2.45) is 0 Å². The van der Waals surface area contributed by atoms with E-state index in [4.69, 9.17) is 4.74 Å². The molecule has 2 heterocycles. The summed E-state index contributed by atoms with van der Waals surface area (Å²) in [4.78, 5) is 22.2. The van der Waals surface area contributed by atoms with Crippen LogP contribution < -0.4 is 5.32 Å². The molecule has 6 heteroatoms. The van der Waals surface area contributed by atoms with Crippen molar-refractivity contribution in [1.82, 2.24) is 20.2 Å². The minimum absolute atomic E-state index is 0.110. The molecule has 0 unspecified atom stereocenters. The predicted octanol–water partition coefficient (Wildman–Crippen LogP) is 1.07. The van der Waals surface area contributed by atoms with Crippen LogP contribution in [0.25, 0.3) is 0 Å². The maximum Gasteiger partial charge on any atom is 0.234 e. The van der Waals surface area contributed by atoms with Crippen LogP contribution in [-0.2, 0) is 9.53 Å². The number of carbonyl (C=O) groups is 1. The molecule has 0 aromatic carbocycles. The summed E-state index contributed by atoms with van der Waals surface area (Å²) in [5, 5.41) is 3.05. The second-order valence-electron chi connectivity index (χ2n) is 6.21. The fourth-order valence-electron chi connectivity index (χ4n) is 2.91. The first kappa shape index (κ1) is 14.5. The molecule has 2 atom stereocenters. The smallest absolute Gasteiger partial charge is 0.234 e. The number of hydrogen-bond donors (Lipinski definition) is 2. The summed E-state index contributed by atoms with van der Waals surface area (Å²) in [6.07, 6.45) is 3.27. The highest BCUT2D eigenvalue weighted by Crippen LogP contribution is 2.32. The number of likely N-dealkylation sites (tertiary alicyclic amines) is 1. The molecular formula is C15H24N4O2. The Morgan fingerprint density at radius 1 is 1.48 bits per heavy atom. The number of aromatic amines is 1. The van der Waals surface area contributed by atoms with Crippen LogP contribution in [0.4, 0.5) is 0 Å². The average molecular weight is 292 g/mol. The van der Waals surface area contributed by atoms with Gasteiger partial charge in [0, 0.05) is 25.4 Å². The molecule has 0 bridgehead atoms. The van der Waals surface area contributed by atoms with Crippen LogP contribution in [0, 0.1) is 13.8 Å². The molecule has 1 aromatic rings. The van der Waals surface area contributed by atoms with Crippen molar-refractivity contribution in [1.29, 1.82) is 0 Å². The van der Waals surface area contributed by atoms with Crippen molar-refractivity contribution in [3.63, 3.8) is 0 Å². The minimum Gasteiger partial charge on any atom is -0.380 e. The molecule has 21 heavy (non-hydrogen) atoms. The lowest BCUT2D eigenvalue weighted by Gasteiger charge is -2.21. The maximum atomic E-state index is 12.1. The van der Waals surface area contributed by atoms with Gasteiger partial charge in [0.1, 0.15) is 5.82 Å². The van der Waals surface area contributed by atoms with Crippen molar-refractivity contribution >= 4 is 5.91 Å². The van der Waals surface area contributed by atoms with E-state index in [1.165, 1.54) is 0 Å². The van der Waals surface area contributed by atoms with Gasteiger partial charge < -0.3 is 15.0 Å². The van der Waals surface area contributed by atoms with E-state index in [9.17, 15) is 4.79 Å². The van der Waals surface area contributed by atoms with Crippen LogP contribution >= 0.6 is 0 Å². The Morgan fingerprint density at radius 2 is 2.24 bits per heavy atom. The van der Waals surface area contributed by atoms with Crippen molar-refractivity contribution in [2.75, 3.05) is 20.2 Å². The standard InChI is InChI=1S/C15H24N4O2/c1-9-10(2)17-15(16-9)13-6-12(21-3)7-19(13)8-14(20)18-11-4-5-11/h11-13H,4-8H2,1-3H3,(H,16,17)(H,18,20)/t12-,13+/m1/s1. The van der Waals surface area contributed by atoms with Crippen molar-refractivity contribution in [2.45, 2.75) is 51.3 Å². The number of imidazole rings is 1. The molecule has 0 spiro atoms. The molecule has 1 aliphatic heterocycles. The molecule has 6 nitrogen and oxygen atoms in total. The van der Waals surface area contributed by atoms with Crippen LogP contribution in [0.15, 0.2) is 0 Å². The van der Waals surface area contributed by atoms with E-state index < -0.39 is 0 Å². The zero-order chi connectivity index (χ0) is 15.0. The fraction of sp³-hybridized carbons (Fsp3) is 0.733. The monoisotopic (exact) mass is 292 g/mol. The normalized spacial score (nSPS) is 26.2. The summed E-state index contributed by atoms with van der Waals surface area (Å²) in [6.45, 7) is 5.22. The molecule has 3 rings (SSSR count). The Hall–Kier alpha value is -1.40. The molecule has 1 aliphatic carbocycles. The topological polar surface area (TPSA) is 70.2 Å². The largest absolute Gasteiger partial charge is 0.380 e. The first-order valence-electron chi connectivity index (χ1n) is 7.66. The zero-order valence-electron chi connectivity index (χ0n) is 13.0. The molecule has 1 aromatic heterocycles. The molecule has 116 valence electrons. The number of carbonyl (C=O) groups excluding carboxylic acids is 1. The second kappa shape index (κ2) is 5.77. The first-order valence-corrected chi connectivity index (χ1v) is 7.66. The van der Waals surface area contributed by atoms with Gasteiger partial charge in [0.05, 0.1) is 24.4 Å². The van der Waals surface area contributed by atoms with Crippen LogP contribution in [0.3, 0.4) is 0 Å². The second-order valence-corrected chi connectivity index (χ2v) is 6.21. The highest BCUT2D eigenvalue weighted by molar-refractivity contribution is 5.78. The zero-order valence-corrected chi connectivity index (χ0v) is 13.0. The Balaban J connectivity index is 1.70. The number of amides is 1. The Bertz CT molecular complexity index is 504. The molecule has 1 saturated heterocycles. The third-order valence-corrected chi connectivity index (χ3v) is 4.45. The number of H-pyrrole nitrogens is 1. The van der Waals surface area contributed by atoms with Gasteiger partial charge in [0.2, 0.25) is 5.91 Å². The number of nitrogens with zero attached hydrogens (tertiary/aromatic N) is 2. The summed E-state index contributed by atoms with van der Waals surface area (Å²) < 4.78 is 5.49. The Kier molecular flexibility index (Phi) is 3.99. The van der Waals surface area contributed by atoms with Gasteiger partial charge in [-0.1, -0.05) is 0 Å². The first-order chi connectivity index (χ1) is 10.1. The highest BCUT2D eigenvalue weighted by atomic mass is 16.5. The molecular weight excluding hydrogens is 268 g/mol. The number of aryl methyl sites for hydroxylation is 2. The van der Waals surface area contributed by atoms with Crippen molar-refractivity contribution < 1.29 is 9.53 Å². The average Bonchev–Trinajstić information content (AvgIpc) is 3.05. The van der Waals surface area contributed by atoms with Gasteiger partial charge in [-0.2, -0.15) is 0 Å². The van der Waals surface area contributed by atoms with E-state index in [0.29, 0.717) is 12.6 Å².